The summed E-state index contributed by atoms with van der Waals surface area (Å²) < 4.78 is 5.26. The van der Waals surface area contributed by atoms with Crippen LogP contribution in [-0.4, -0.2) is 12.1 Å². The van der Waals surface area contributed by atoms with E-state index >= 15 is 0 Å². The van der Waals surface area contributed by atoms with Gasteiger partial charge in [0, 0.05) is 17.9 Å². The third kappa shape index (κ3) is 4.62. The van der Waals surface area contributed by atoms with Crippen LogP contribution < -0.4 is 0 Å². The minimum atomic E-state index is -0.489. The smallest absolute Gasteiger partial charge is 0.384 e. The first kappa shape index (κ1) is 13.9. The van der Waals surface area contributed by atoms with Gasteiger partial charge in [-0.3, -0.25) is 0 Å². The Morgan fingerprint density at radius 3 is 2.30 bits per heavy atom. The number of esters is 1. The standard InChI is InChI=1S/C18H16O2/c1-15(14-17-10-6-3-7-11-17)20-18(19)13-12-16-8-4-2-5-9-16/h2-11,15H,14H2,1H3. The number of carbonyl (C=O) groups excluding carboxylic acids is 1. The van der Waals surface area contributed by atoms with Gasteiger partial charge in [-0.15, -0.1) is 0 Å². The molecule has 0 aliphatic heterocycles. The Hall–Kier alpha value is -2.53. The fourth-order valence-electron chi connectivity index (χ4n) is 1.84. The van der Waals surface area contributed by atoms with Crippen LogP contribution in [0.3, 0.4) is 0 Å². The molecular formula is C18H16O2. The van der Waals surface area contributed by atoms with Gasteiger partial charge < -0.3 is 4.74 Å². The molecule has 0 saturated carbocycles. The first-order valence-electron chi connectivity index (χ1n) is 6.55. The lowest BCUT2D eigenvalue weighted by molar-refractivity contribution is -0.140. The average molecular weight is 264 g/mol. The Kier molecular flexibility index (Phi) is 4.97. The number of carbonyl (C=O) groups is 1. The summed E-state index contributed by atoms with van der Waals surface area (Å²) in [6, 6.07) is 19.3. The number of rotatable bonds is 3. The molecule has 0 bridgehead atoms. The molecule has 2 heteroatoms. The largest absolute Gasteiger partial charge is 0.453 e. The quantitative estimate of drug-likeness (QED) is 0.628. The fraction of sp³-hybridized carbons (Fsp3) is 0.167. The van der Waals surface area contributed by atoms with E-state index in [1.165, 1.54) is 0 Å². The molecule has 0 spiro atoms. The van der Waals surface area contributed by atoms with Crippen molar-refractivity contribution in [1.82, 2.24) is 0 Å². The molecular weight excluding hydrogens is 248 g/mol. The van der Waals surface area contributed by atoms with Crippen molar-refractivity contribution in [2.75, 3.05) is 0 Å². The van der Waals surface area contributed by atoms with Gasteiger partial charge in [0.2, 0.25) is 0 Å². The highest BCUT2D eigenvalue weighted by atomic mass is 16.5. The van der Waals surface area contributed by atoms with E-state index in [0.717, 1.165) is 11.1 Å². The maximum atomic E-state index is 11.6. The van der Waals surface area contributed by atoms with Crippen molar-refractivity contribution in [3.63, 3.8) is 0 Å². The van der Waals surface area contributed by atoms with Crippen molar-refractivity contribution >= 4 is 5.97 Å². The van der Waals surface area contributed by atoms with E-state index in [0.29, 0.717) is 6.42 Å². The zero-order chi connectivity index (χ0) is 14.2. The van der Waals surface area contributed by atoms with Gasteiger partial charge in [0.1, 0.15) is 6.10 Å². The summed E-state index contributed by atoms with van der Waals surface area (Å²) in [4.78, 5) is 11.6. The molecule has 100 valence electrons. The predicted molar refractivity (Wildman–Crippen MR) is 79.0 cm³/mol. The van der Waals surface area contributed by atoms with Crippen LogP contribution in [0.4, 0.5) is 0 Å². The van der Waals surface area contributed by atoms with Crippen LogP contribution in [-0.2, 0) is 16.0 Å². The number of ether oxygens (including phenoxy) is 1. The van der Waals surface area contributed by atoms with Gasteiger partial charge in [-0.1, -0.05) is 54.5 Å². The lowest BCUT2D eigenvalue weighted by Gasteiger charge is -2.10. The van der Waals surface area contributed by atoms with E-state index in [2.05, 4.69) is 11.8 Å². The highest BCUT2D eigenvalue weighted by molar-refractivity contribution is 5.89. The Morgan fingerprint density at radius 1 is 1.05 bits per heavy atom. The molecule has 2 aromatic carbocycles. The van der Waals surface area contributed by atoms with Gasteiger partial charge in [-0.2, -0.15) is 0 Å². The number of hydrogen-bond donors (Lipinski definition) is 0. The van der Waals surface area contributed by atoms with Gasteiger partial charge in [-0.05, 0) is 24.6 Å². The SMILES string of the molecule is CC(Cc1ccccc1)OC(=O)C#Cc1ccccc1. The van der Waals surface area contributed by atoms with Crippen molar-refractivity contribution in [3.8, 4) is 11.8 Å². The normalized spacial score (nSPS) is 11.1. The van der Waals surface area contributed by atoms with Gasteiger partial charge in [0.05, 0.1) is 0 Å². The Bertz CT molecular complexity index is 606. The van der Waals surface area contributed by atoms with Gasteiger partial charge >= 0.3 is 5.97 Å². The molecule has 2 rings (SSSR count). The third-order valence-electron chi connectivity index (χ3n) is 2.76. The highest BCUT2D eigenvalue weighted by Crippen LogP contribution is 2.05. The van der Waals surface area contributed by atoms with E-state index in [4.69, 9.17) is 4.74 Å². The lowest BCUT2D eigenvalue weighted by Crippen LogP contribution is -2.15. The van der Waals surface area contributed by atoms with E-state index in [-0.39, 0.29) is 6.10 Å². The van der Waals surface area contributed by atoms with Crippen LogP contribution in [0.25, 0.3) is 0 Å². The first-order chi connectivity index (χ1) is 9.74. The van der Waals surface area contributed by atoms with Crippen LogP contribution in [0.15, 0.2) is 60.7 Å². The molecule has 0 N–H and O–H groups in total. The summed E-state index contributed by atoms with van der Waals surface area (Å²) in [5, 5.41) is 0. The van der Waals surface area contributed by atoms with Gasteiger partial charge in [-0.25, -0.2) is 4.79 Å². The van der Waals surface area contributed by atoms with Crippen LogP contribution in [0, 0.1) is 11.8 Å². The molecule has 0 aliphatic rings. The molecule has 0 radical (unpaired) electrons. The van der Waals surface area contributed by atoms with Crippen LogP contribution >= 0.6 is 0 Å². The van der Waals surface area contributed by atoms with Gasteiger partial charge in [0.25, 0.3) is 0 Å². The summed E-state index contributed by atoms with van der Waals surface area (Å²) in [5.74, 6) is 4.80. The maximum absolute atomic E-state index is 11.6. The second-order valence-electron chi connectivity index (χ2n) is 4.52. The Balaban J connectivity index is 1.87. The van der Waals surface area contributed by atoms with Crippen molar-refractivity contribution in [2.45, 2.75) is 19.4 Å². The molecule has 0 heterocycles. The number of hydrogen-bond acceptors (Lipinski definition) is 2. The number of benzene rings is 2. The first-order valence-corrected chi connectivity index (χ1v) is 6.55. The summed E-state index contributed by atoms with van der Waals surface area (Å²) in [6.45, 7) is 1.87. The topological polar surface area (TPSA) is 26.3 Å². The highest BCUT2D eigenvalue weighted by Gasteiger charge is 2.07. The zero-order valence-electron chi connectivity index (χ0n) is 11.4. The van der Waals surface area contributed by atoms with E-state index < -0.39 is 5.97 Å². The summed E-state index contributed by atoms with van der Waals surface area (Å²) in [5.41, 5.74) is 1.95. The van der Waals surface area contributed by atoms with E-state index in [1.807, 2.05) is 67.6 Å². The molecule has 0 aliphatic carbocycles. The van der Waals surface area contributed by atoms with Crippen LogP contribution in [0.2, 0.25) is 0 Å². The van der Waals surface area contributed by atoms with Gasteiger partial charge in [0.15, 0.2) is 0 Å². The molecule has 1 atom stereocenters. The molecule has 2 nitrogen and oxygen atoms in total. The second kappa shape index (κ2) is 7.16. The van der Waals surface area contributed by atoms with Crippen LogP contribution in [0.1, 0.15) is 18.1 Å². The van der Waals surface area contributed by atoms with Crippen LogP contribution in [0.5, 0.6) is 0 Å². The van der Waals surface area contributed by atoms with Crippen molar-refractivity contribution < 1.29 is 9.53 Å². The molecule has 0 fully saturated rings. The monoisotopic (exact) mass is 264 g/mol. The van der Waals surface area contributed by atoms with E-state index in [1.54, 1.807) is 0 Å². The van der Waals surface area contributed by atoms with Crippen molar-refractivity contribution in [3.05, 3.63) is 71.8 Å². The molecule has 0 amide bonds. The predicted octanol–water partition coefficient (Wildman–Crippen LogP) is 3.21. The fourth-order valence-corrected chi connectivity index (χ4v) is 1.84. The second-order valence-corrected chi connectivity index (χ2v) is 4.52. The molecule has 0 aromatic heterocycles. The third-order valence-corrected chi connectivity index (χ3v) is 2.76. The summed E-state index contributed by atoms with van der Waals surface area (Å²) >= 11 is 0. The minimum absolute atomic E-state index is 0.185. The lowest BCUT2D eigenvalue weighted by atomic mass is 10.1. The molecule has 1 unspecified atom stereocenters. The summed E-state index contributed by atoms with van der Waals surface area (Å²) in [7, 11) is 0. The van der Waals surface area contributed by atoms with Crippen molar-refractivity contribution in [1.29, 1.82) is 0 Å². The van der Waals surface area contributed by atoms with E-state index in [9.17, 15) is 4.79 Å². The minimum Gasteiger partial charge on any atom is -0.453 e. The Morgan fingerprint density at radius 2 is 1.65 bits per heavy atom. The molecule has 0 saturated heterocycles. The van der Waals surface area contributed by atoms with Crippen molar-refractivity contribution in [2.24, 2.45) is 0 Å². The molecule has 20 heavy (non-hydrogen) atoms. The Labute approximate surface area is 119 Å². The summed E-state index contributed by atoms with van der Waals surface area (Å²) in [6.07, 6.45) is 0.509. The average Bonchev–Trinajstić information content (AvgIpc) is 2.47. The maximum Gasteiger partial charge on any atom is 0.384 e. The molecule has 2 aromatic rings. The zero-order valence-corrected chi connectivity index (χ0v) is 11.4.